The number of aliphatic hydroxyl groups is 3. The Labute approximate surface area is 790 Å². The van der Waals surface area contributed by atoms with Crippen LogP contribution in [-0.4, -0.2) is 200 Å². The van der Waals surface area contributed by atoms with E-state index in [1.807, 2.05) is 18.2 Å². The van der Waals surface area contributed by atoms with Crippen molar-refractivity contribution in [2.75, 3.05) is 6.61 Å². The Kier molecular flexibility index (Phi) is 43.3. The number of benzene rings is 2. The summed E-state index contributed by atoms with van der Waals surface area (Å²) in [6.45, 7) is 32.2. The summed E-state index contributed by atoms with van der Waals surface area (Å²) in [6, 6.07) is 10.2. The number of hydrogen-bond donors (Lipinski definition) is 3. The van der Waals surface area contributed by atoms with Gasteiger partial charge in [-0.2, -0.15) is 140 Å². The van der Waals surface area contributed by atoms with Crippen molar-refractivity contribution in [1.29, 1.82) is 0 Å². The van der Waals surface area contributed by atoms with Crippen LogP contribution in [0, 0.1) is 38.9 Å². The molecule has 4 fully saturated rings. The molecule has 2 aromatic rings. The van der Waals surface area contributed by atoms with Crippen molar-refractivity contribution in [3.05, 3.63) is 42.0 Å². The summed E-state index contributed by atoms with van der Waals surface area (Å²) in [7, 11) is 0. The Morgan fingerprint density at radius 3 is 0.972 bits per heavy atom. The van der Waals surface area contributed by atoms with E-state index in [4.69, 9.17) is 28.8 Å². The molecule has 0 aromatic heterocycles. The highest BCUT2D eigenvalue weighted by Crippen LogP contribution is 2.64. The molecule has 5 atom stereocenters. The molecule has 21 nitrogen and oxygen atoms in total. The zero-order valence-corrected chi connectivity index (χ0v) is 80.9. The molecule has 820 valence electrons. The Hall–Kier alpha value is -8.43. The Morgan fingerprint density at radius 1 is 0.369 bits per heavy atom. The molecular formula is C88H118F32O21. The lowest BCUT2D eigenvalue weighted by Crippen LogP contribution is -2.70. The molecule has 4 bridgehead atoms. The molecule has 4 saturated carbocycles. The van der Waals surface area contributed by atoms with E-state index in [9.17, 15) is 194 Å². The fourth-order valence-electron chi connectivity index (χ4n) is 13.3. The number of ether oxygens (including phenoxy) is 9. The van der Waals surface area contributed by atoms with E-state index in [0.717, 1.165) is 24.1 Å². The molecule has 5 unspecified atom stereocenters. The number of fused-ring (bicyclic) bond motifs is 1. The van der Waals surface area contributed by atoms with E-state index in [0.29, 0.717) is 52.9 Å². The Morgan fingerprint density at radius 2 is 0.674 bits per heavy atom. The number of hydrogen-bond acceptors (Lipinski definition) is 21. The smallest absolute Gasteiger partial charge is 0.462 e. The lowest BCUT2D eigenvalue weighted by Gasteiger charge is -2.63. The minimum Gasteiger partial charge on any atom is -0.462 e. The van der Waals surface area contributed by atoms with Gasteiger partial charge in [-0.25, -0.2) is 19.2 Å². The van der Waals surface area contributed by atoms with E-state index < -0.39 is 237 Å². The van der Waals surface area contributed by atoms with E-state index in [-0.39, 0.29) is 63.0 Å². The summed E-state index contributed by atoms with van der Waals surface area (Å²) >= 11 is 0. The first-order valence-electron chi connectivity index (χ1n) is 43.0. The van der Waals surface area contributed by atoms with Crippen LogP contribution in [0.5, 0.6) is 5.75 Å². The molecule has 0 heterocycles. The quantitative estimate of drug-likeness (QED) is 0.0283. The normalized spacial score (nSPS) is 19.1. The van der Waals surface area contributed by atoms with Crippen molar-refractivity contribution >= 4 is 64.5 Å². The minimum atomic E-state index is -6.33. The highest BCUT2D eigenvalue weighted by Gasteiger charge is 2.81. The minimum absolute atomic E-state index is 0.0158. The maximum Gasteiger partial charge on any atom is 0.491 e. The van der Waals surface area contributed by atoms with Crippen molar-refractivity contribution in [2.24, 2.45) is 38.9 Å². The van der Waals surface area contributed by atoms with Crippen LogP contribution in [0.1, 0.15) is 274 Å². The van der Waals surface area contributed by atoms with Crippen LogP contribution in [0.25, 0.3) is 10.8 Å². The van der Waals surface area contributed by atoms with Gasteiger partial charge < -0.3 is 58.0 Å². The number of halogens is 32. The monoisotopic (exact) mass is 2120 g/mol. The van der Waals surface area contributed by atoms with Gasteiger partial charge in [-0.1, -0.05) is 86.6 Å². The summed E-state index contributed by atoms with van der Waals surface area (Å²) in [6.07, 6.45) is -60.6. The van der Waals surface area contributed by atoms with E-state index in [2.05, 4.69) is 32.8 Å². The van der Waals surface area contributed by atoms with Gasteiger partial charge in [0.2, 0.25) is 0 Å². The maximum atomic E-state index is 13.0. The zero-order valence-electron chi connectivity index (χ0n) is 80.9. The molecule has 0 spiro atoms. The average Bonchev–Trinajstić information content (AvgIpc) is 0.697. The second kappa shape index (κ2) is 46.1. The van der Waals surface area contributed by atoms with E-state index >= 15 is 0 Å². The van der Waals surface area contributed by atoms with Crippen LogP contribution in [0.15, 0.2) is 36.4 Å². The van der Waals surface area contributed by atoms with Crippen LogP contribution >= 0.6 is 0 Å². The van der Waals surface area contributed by atoms with Crippen LogP contribution in [-0.2, 0) is 81.0 Å². The van der Waals surface area contributed by atoms with Crippen molar-refractivity contribution in [3.63, 3.8) is 0 Å². The molecule has 141 heavy (non-hydrogen) atoms. The number of esters is 9. The first-order valence-corrected chi connectivity index (χ1v) is 43.0. The first kappa shape index (κ1) is 133. The fraction of sp³-hybridized carbons (Fsp3) is 0.784. The fourth-order valence-corrected chi connectivity index (χ4v) is 13.3. The second-order valence-electron chi connectivity index (χ2n) is 39.0. The van der Waals surface area contributed by atoms with Crippen LogP contribution in [0.4, 0.5) is 140 Å². The predicted molar refractivity (Wildman–Crippen MR) is 432 cm³/mol. The molecule has 2 aromatic carbocycles. The van der Waals surface area contributed by atoms with E-state index in [1.54, 1.807) is 68.4 Å². The number of carbonyl (C=O) groups is 9. The first-order chi connectivity index (χ1) is 62.3. The van der Waals surface area contributed by atoms with Crippen molar-refractivity contribution < 1.29 is 242 Å². The topological polar surface area (TPSA) is 297 Å². The van der Waals surface area contributed by atoms with Gasteiger partial charge in [0, 0.05) is 25.7 Å². The summed E-state index contributed by atoms with van der Waals surface area (Å²) in [5.74, 6) is -19.7. The molecule has 0 saturated heterocycles. The van der Waals surface area contributed by atoms with Gasteiger partial charge in [-0.3, -0.25) is 24.0 Å². The zero-order chi connectivity index (χ0) is 112. The Balaban J connectivity index is 0.00000168. The lowest BCUT2D eigenvalue weighted by molar-refractivity contribution is -0.408. The van der Waals surface area contributed by atoms with Crippen molar-refractivity contribution in [1.82, 2.24) is 0 Å². The third-order valence-electron chi connectivity index (χ3n) is 24.1. The summed E-state index contributed by atoms with van der Waals surface area (Å²) in [4.78, 5) is 105. The molecule has 0 aliphatic heterocycles. The van der Waals surface area contributed by atoms with Gasteiger partial charge >= 0.3 is 127 Å². The largest absolute Gasteiger partial charge is 0.491 e. The third kappa shape index (κ3) is 34.1. The van der Waals surface area contributed by atoms with Gasteiger partial charge in [0.05, 0.1) is 27.1 Å². The van der Waals surface area contributed by atoms with Gasteiger partial charge in [0.25, 0.3) is 11.2 Å². The van der Waals surface area contributed by atoms with Crippen LogP contribution in [0.3, 0.4) is 0 Å². The van der Waals surface area contributed by atoms with Crippen LogP contribution in [0.2, 0.25) is 0 Å². The number of rotatable bonds is 30. The van der Waals surface area contributed by atoms with Gasteiger partial charge in [-0.05, 0) is 221 Å². The third-order valence-corrected chi connectivity index (χ3v) is 24.1. The van der Waals surface area contributed by atoms with Crippen molar-refractivity contribution in [2.45, 2.75) is 393 Å². The molecule has 4 aliphatic carbocycles. The standard InChI is InChI=1S/C20H24F6O6.C16H15F3O2.C15H25F5O2.C13H18F6O5.2C12H18F6O3/c1-4-15(2,3)12(27)30-16-5-11-6-17(8-16,31-13(28)19(21,22)23)10-18(7-11,9-16)32-14(29)20(24,25)26;1-3-10(2)11-4-5-13-9-14(7-6-12(13)8-11)21-15(20)16(17,18)19;1-6-13(4,5)12(21)22-11(9-10(2)3)7-8-14(16,17)15(18,19)20;1-5-10(3,4)8(20)24-7(2)6-23-9(21)11(22,12(14,15)16)13(17,18)19;2*1-6-8(2,3)7(19)21-9(4,5)10(20,11(13,14)15)12(16,17)18/h11H,4-10H2,1-3H3;4-10H,3H2,1-2H3;10-11H,6-9H2,1-5H3;7,22H,5-6H2,1-4H3;2*20H,6H2,1-5H3. The number of alkyl halides is 32. The average molecular weight is 2120 g/mol. The molecule has 53 heteroatoms. The second-order valence-corrected chi connectivity index (χ2v) is 39.0. The van der Waals surface area contributed by atoms with Crippen LogP contribution < -0.4 is 4.74 Å². The van der Waals surface area contributed by atoms with E-state index in [1.165, 1.54) is 73.1 Å². The highest BCUT2D eigenvalue weighted by atomic mass is 19.5. The molecule has 6 rings (SSSR count). The predicted octanol–water partition coefficient (Wildman–Crippen LogP) is 24.5. The molecule has 0 radical (unpaired) electrons. The summed E-state index contributed by atoms with van der Waals surface area (Å²) in [5, 5.41) is 29.0. The molecule has 3 N–H and O–H groups in total. The van der Waals surface area contributed by atoms with Gasteiger partial charge in [-0.15, -0.1) is 0 Å². The van der Waals surface area contributed by atoms with Crippen molar-refractivity contribution in [3.8, 4) is 5.75 Å². The summed E-state index contributed by atoms with van der Waals surface area (Å²) in [5.41, 5.74) is -31.8. The Bertz CT molecular complexity index is 4360. The van der Waals surface area contributed by atoms with Gasteiger partial charge in [0.1, 0.15) is 41.4 Å². The molecular weight excluding hydrogens is 2000 g/mol. The molecule has 4 aliphatic rings. The number of carbonyl (C=O) groups excluding carboxylic acids is 9. The highest BCUT2D eigenvalue weighted by molar-refractivity contribution is 5.87. The molecule has 0 amide bonds. The maximum absolute atomic E-state index is 13.0. The summed E-state index contributed by atoms with van der Waals surface area (Å²) < 4.78 is 446. The lowest BCUT2D eigenvalue weighted by atomic mass is 9.50. The van der Waals surface area contributed by atoms with Gasteiger partial charge in [0.15, 0.2) is 11.2 Å². The SMILES string of the molecule is CCC(C)(C)C(=O)OC(C)(C)C(O)(C(F)(F)F)C(F)(F)F.CCC(C)(C)C(=O)OC(C)(C)C(O)(C(F)(F)F)C(F)(F)F.CCC(C)(C)C(=O)OC(C)COC(=O)C(O)(C(F)(F)F)C(F)(F)F.CCC(C)(C)C(=O)OC(CCC(F)(F)C(F)(F)F)CC(C)C.CCC(C)(C)C(=O)OC12CC3CC(OC(=O)C(F)(F)F)(CC(OC(=O)C(F)(F)F)(C3)C1)C2.CCC(C)c1ccc2cc(OC(=O)C(F)(F)F)ccc2c1.